The summed E-state index contributed by atoms with van der Waals surface area (Å²) in [5, 5.41) is 0. The Morgan fingerprint density at radius 2 is 1.65 bits per heavy atom. The molecular weight excluding hydrogens is 269 g/mol. The third-order valence-corrected chi connectivity index (χ3v) is 2.87. The Hall–Kier alpha value is -1.36. The normalized spacial score (nSPS) is 11.6. The Balaban J connectivity index is 1.94. The zero-order chi connectivity index (χ0) is 14.8. The van der Waals surface area contributed by atoms with Crippen LogP contribution in [0, 0.1) is 0 Å². The van der Waals surface area contributed by atoms with Crippen molar-refractivity contribution in [2.24, 2.45) is 0 Å². The molecule has 0 heterocycles. The van der Waals surface area contributed by atoms with E-state index >= 15 is 0 Å². The number of alkyl halides is 3. The highest BCUT2D eigenvalue weighted by atomic mass is 19.4. The number of benzene rings is 1. The number of unbranched alkanes of at least 4 members (excludes halogenated alkanes) is 3. The van der Waals surface area contributed by atoms with Gasteiger partial charge in [0.25, 0.3) is 0 Å². The second-order valence-electron chi connectivity index (χ2n) is 4.62. The van der Waals surface area contributed by atoms with E-state index in [4.69, 9.17) is 4.74 Å². The molecule has 1 rings (SSSR count). The van der Waals surface area contributed by atoms with Crippen LogP contribution in [-0.2, 0) is 16.1 Å². The molecule has 0 aliphatic heterocycles. The molecule has 0 saturated carbocycles. The van der Waals surface area contributed by atoms with E-state index in [1.54, 1.807) is 0 Å². The van der Waals surface area contributed by atoms with Crippen LogP contribution >= 0.6 is 0 Å². The molecule has 0 spiro atoms. The van der Waals surface area contributed by atoms with Gasteiger partial charge in [-0.2, -0.15) is 13.2 Å². The summed E-state index contributed by atoms with van der Waals surface area (Å²) < 4.78 is 41.2. The van der Waals surface area contributed by atoms with E-state index in [-0.39, 0.29) is 6.42 Å². The van der Waals surface area contributed by atoms with E-state index in [1.807, 2.05) is 30.3 Å². The SMILES string of the molecule is O=C(CCCCCCOCc1ccccc1)C(F)(F)F. The van der Waals surface area contributed by atoms with E-state index < -0.39 is 18.4 Å². The van der Waals surface area contributed by atoms with Crippen molar-refractivity contribution in [3.05, 3.63) is 35.9 Å². The van der Waals surface area contributed by atoms with Crippen molar-refractivity contribution in [3.63, 3.8) is 0 Å². The Labute approximate surface area is 116 Å². The average molecular weight is 288 g/mol. The van der Waals surface area contributed by atoms with Crippen molar-refractivity contribution in [1.82, 2.24) is 0 Å². The standard InChI is InChI=1S/C15H19F3O2/c16-15(17,18)14(19)10-6-1-2-7-11-20-12-13-8-4-3-5-9-13/h3-5,8-9H,1-2,6-7,10-12H2. The molecule has 0 aromatic heterocycles. The summed E-state index contributed by atoms with van der Waals surface area (Å²) in [5.74, 6) is -1.63. The lowest BCUT2D eigenvalue weighted by Crippen LogP contribution is -2.22. The number of carbonyl (C=O) groups excluding carboxylic acids is 1. The summed E-state index contributed by atoms with van der Waals surface area (Å²) in [4.78, 5) is 10.6. The summed E-state index contributed by atoms with van der Waals surface area (Å²) in [6, 6.07) is 9.77. The fourth-order valence-electron chi connectivity index (χ4n) is 1.75. The highest BCUT2D eigenvalue weighted by Gasteiger charge is 2.36. The van der Waals surface area contributed by atoms with Crippen LogP contribution in [0.15, 0.2) is 30.3 Å². The smallest absolute Gasteiger partial charge is 0.377 e. The summed E-state index contributed by atoms with van der Waals surface area (Å²) >= 11 is 0. The molecule has 0 fully saturated rings. The molecule has 0 amide bonds. The second-order valence-corrected chi connectivity index (χ2v) is 4.62. The summed E-state index contributed by atoms with van der Waals surface area (Å²) in [5.41, 5.74) is 1.10. The Morgan fingerprint density at radius 1 is 1.00 bits per heavy atom. The van der Waals surface area contributed by atoms with Gasteiger partial charge in [-0.05, 0) is 18.4 Å². The molecule has 0 bridgehead atoms. The quantitative estimate of drug-likeness (QED) is 0.634. The lowest BCUT2D eigenvalue weighted by Gasteiger charge is -2.05. The molecule has 20 heavy (non-hydrogen) atoms. The maximum atomic E-state index is 11.9. The first-order chi connectivity index (χ1) is 9.50. The van der Waals surface area contributed by atoms with Gasteiger partial charge in [0.1, 0.15) is 0 Å². The lowest BCUT2D eigenvalue weighted by molar-refractivity contribution is -0.171. The molecule has 5 heteroatoms. The molecule has 0 atom stereocenters. The Morgan fingerprint density at radius 3 is 2.30 bits per heavy atom. The van der Waals surface area contributed by atoms with E-state index in [9.17, 15) is 18.0 Å². The molecule has 0 saturated heterocycles. The highest BCUT2D eigenvalue weighted by Crippen LogP contribution is 2.19. The van der Waals surface area contributed by atoms with Crippen LogP contribution in [-0.4, -0.2) is 18.6 Å². The number of Topliss-reactive ketones (excluding diaryl/α,β-unsaturated/α-hetero) is 1. The Bertz CT molecular complexity index is 388. The van der Waals surface area contributed by atoms with Crippen molar-refractivity contribution in [3.8, 4) is 0 Å². The summed E-state index contributed by atoms with van der Waals surface area (Å²) in [6.45, 7) is 1.13. The van der Waals surface area contributed by atoms with Gasteiger partial charge in [0.2, 0.25) is 5.78 Å². The van der Waals surface area contributed by atoms with Crippen LogP contribution in [0.5, 0.6) is 0 Å². The van der Waals surface area contributed by atoms with Gasteiger partial charge in [-0.25, -0.2) is 0 Å². The van der Waals surface area contributed by atoms with Gasteiger partial charge in [0.05, 0.1) is 6.61 Å². The van der Waals surface area contributed by atoms with Gasteiger partial charge in [0.15, 0.2) is 0 Å². The van der Waals surface area contributed by atoms with Crippen LogP contribution < -0.4 is 0 Å². The zero-order valence-corrected chi connectivity index (χ0v) is 11.3. The van der Waals surface area contributed by atoms with Crippen LogP contribution in [0.4, 0.5) is 13.2 Å². The van der Waals surface area contributed by atoms with Crippen molar-refractivity contribution in [2.45, 2.75) is 44.9 Å². The van der Waals surface area contributed by atoms with Crippen LogP contribution in [0.25, 0.3) is 0 Å². The van der Waals surface area contributed by atoms with Crippen LogP contribution in [0.3, 0.4) is 0 Å². The van der Waals surface area contributed by atoms with Crippen molar-refractivity contribution >= 4 is 5.78 Å². The number of halogens is 3. The third-order valence-electron chi connectivity index (χ3n) is 2.87. The predicted octanol–water partition coefficient (Wildman–Crippen LogP) is 4.29. The van der Waals surface area contributed by atoms with Gasteiger partial charge in [0, 0.05) is 13.0 Å². The molecule has 0 aliphatic carbocycles. The zero-order valence-electron chi connectivity index (χ0n) is 11.3. The first kappa shape index (κ1) is 16.7. The Kier molecular flexibility index (Phi) is 7.30. The second kappa shape index (κ2) is 8.74. The fourth-order valence-corrected chi connectivity index (χ4v) is 1.75. The van der Waals surface area contributed by atoms with Gasteiger partial charge in [-0.15, -0.1) is 0 Å². The number of ketones is 1. The molecule has 0 N–H and O–H groups in total. The van der Waals surface area contributed by atoms with Crippen LogP contribution in [0.1, 0.15) is 37.7 Å². The molecule has 0 unspecified atom stereocenters. The molecule has 0 radical (unpaired) electrons. The number of carbonyl (C=O) groups is 1. The minimum Gasteiger partial charge on any atom is -0.377 e. The monoisotopic (exact) mass is 288 g/mol. The number of hydrogen-bond acceptors (Lipinski definition) is 2. The van der Waals surface area contributed by atoms with Crippen molar-refractivity contribution < 1.29 is 22.7 Å². The third kappa shape index (κ3) is 7.28. The minimum absolute atomic E-state index is 0.289. The lowest BCUT2D eigenvalue weighted by atomic mass is 10.1. The number of hydrogen-bond donors (Lipinski definition) is 0. The average Bonchev–Trinajstić information content (AvgIpc) is 2.41. The van der Waals surface area contributed by atoms with Crippen LogP contribution in [0.2, 0.25) is 0 Å². The van der Waals surface area contributed by atoms with E-state index in [0.717, 1.165) is 18.4 Å². The molecular formula is C15H19F3O2. The molecule has 2 nitrogen and oxygen atoms in total. The summed E-state index contributed by atoms with van der Waals surface area (Å²) in [7, 11) is 0. The van der Waals surface area contributed by atoms with Gasteiger partial charge >= 0.3 is 6.18 Å². The molecule has 0 aliphatic rings. The fraction of sp³-hybridized carbons (Fsp3) is 0.533. The summed E-state index contributed by atoms with van der Waals surface area (Å²) in [6.07, 6.45) is -2.60. The van der Waals surface area contributed by atoms with Crippen molar-refractivity contribution in [1.29, 1.82) is 0 Å². The highest BCUT2D eigenvalue weighted by molar-refractivity contribution is 5.83. The van der Waals surface area contributed by atoms with Gasteiger partial charge in [-0.1, -0.05) is 43.2 Å². The largest absolute Gasteiger partial charge is 0.449 e. The molecule has 1 aromatic carbocycles. The van der Waals surface area contributed by atoms with Gasteiger partial charge < -0.3 is 4.74 Å². The number of ether oxygens (including phenoxy) is 1. The van der Waals surface area contributed by atoms with E-state index in [0.29, 0.717) is 19.6 Å². The maximum absolute atomic E-state index is 11.9. The predicted molar refractivity (Wildman–Crippen MR) is 70.2 cm³/mol. The first-order valence-corrected chi connectivity index (χ1v) is 6.72. The van der Waals surface area contributed by atoms with E-state index in [2.05, 4.69) is 0 Å². The van der Waals surface area contributed by atoms with Crippen molar-refractivity contribution in [2.75, 3.05) is 6.61 Å². The number of rotatable bonds is 9. The molecule has 112 valence electrons. The molecule has 1 aromatic rings. The minimum atomic E-state index is -4.68. The maximum Gasteiger partial charge on any atom is 0.449 e. The first-order valence-electron chi connectivity index (χ1n) is 6.72. The topological polar surface area (TPSA) is 26.3 Å². The van der Waals surface area contributed by atoms with E-state index in [1.165, 1.54) is 0 Å². The van der Waals surface area contributed by atoms with Gasteiger partial charge in [-0.3, -0.25) is 4.79 Å².